The molecule has 7 nitrogen and oxygen atoms in total. The molecule has 1 amide bonds. The molecule has 2 aromatic rings. The molecule has 1 saturated carbocycles. The number of fused-ring (bicyclic) bond motifs is 1. The third-order valence-electron chi connectivity index (χ3n) is 6.39. The highest BCUT2D eigenvalue weighted by Crippen LogP contribution is 2.29. The van der Waals surface area contributed by atoms with Crippen LogP contribution in [0, 0.1) is 5.92 Å². The molecule has 0 atom stereocenters. The highest BCUT2D eigenvalue weighted by atomic mass is 35.5. The van der Waals surface area contributed by atoms with Gasteiger partial charge in [-0.25, -0.2) is 8.42 Å². The van der Waals surface area contributed by atoms with Crippen LogP contribution in [0.3, 0.4) is 0 Å². The average molecular weight is 513 g/mol. The summed E-state index contributed by atoms with van der Waals surface area (Å²) in [7, 11) is -3.62. The fourth-order valence-electron chi connectivity index (χ4n) is 4.65. The van der Waals surface area contributed by atoms with Gasteiger partial charge in [-0.05, 0) is 67.6 Å². The first-order valence-electron chi connectivity index (χ1n) is 11.0. The van der Waals surface area contributed by atoms with Gasteiger partial charge in [0.25, 0.3) is 0 Å². The summed E-state index contributed by atoms with van der Waals surface area (Å²) in [5.41, 5.74) is 5.67. The molecule has 1 heterocycles. The average Bonchev–Trinajstić information content (AvgIpc) is 2.78. The molecule has 2 N–H and O–H groups in total. The molecule has 1 aliphatic heterocycles. The van der Waals surface area contributed by atoms with Crippen LogP contribution in [0.2, 0.25) is 5.02 Å². The summed E-state index contributed by atoms with van der Waals surface area (Å²) in [6.45, 7) is 3.23. The molecule has 10 heteroatoms. The Labute approximate surface area is 206 Å². The lowest BCUT2D eigenvalue weighted by Gasteiger charge is -2.37. The molecule has 0 radical (unpaired) electrons. The van der Waals surface area contributed by atoms with Crippen molar-refractivity contribution in [1.29, 1.82) is 0 Å². The Morgan fingerprint density at radius 3 is 2.24 bits per heavy atom. The normalized spacial score (nSPS) is 22.7. The van der Waals surface area contributed by atoms with Crippen molar-refractivity contribution in [2.75, 3.05) is 26.2 Å². The number of amides is 1. The van der Waals surface area contributed by atoms with Gasteiger partial charge in [0.1, 0.15) is 0 Å². The van der Waals surface area contributed by atoms with Crippen molar-refractivity contribution >= 4 is 56.5 Å². The summed E-state index contributed by atoms with van der Waals surface area (Å²) in [6, 6.07) is 10.7. The molecule has 0 unspecified atom stereocenters. The molecule has 1 aliphatic carbocycles. The number of carbonyl (C=O) groups excluding carboxylic acids is 1. The number of hydrogen-bond donors (Lipinski definition) is 1. The minimum atomic E-state index is -3.62. The molecule has 33 heavy (non-hydrogen) atoms. The number of hydrogen-bond acceptors (Lipinski definition) is 4. The van der Waals surface area contributed by atoms with Crippen LogP contribution in [0.5, 0.6) is 0 Å². The number of amidine groups is 1. The molecule has 2 aromatic carbocycles. The van der Waals surface area contributed by atoms with Gasteiger partial charge in [0, 0.05) is 37.1 Å². The van der Waals surface area contributed by atoms with Crippen LogP contribution in [0.15, 0.2) is 46.3 Å². The fourth-order valence-corrected chi connectivity index (χ4v) is 6.29. The van der Waals surface area contributed by atoms with Crippen LogP contribution in [-0.2, 0) is 14.8 Å². The summed E-state index contributed by atoms with van der Waals surface area (Å²) in [5, 5.41) is 2.34. The van der Waals surface area contributed by atoms with E-state index in [1.807, 2.05) is 17.0 Å². The lowest BCUT2D eigenvalue weighted by molar-refractivity contribution is -0.137. The number of aliphatic imine (C=N–C) groups is 1. The second-order valence-electron chi connectivity index (χ2n) is 8.66. The van der Waals surface area contributed by atoms with Gasteiger partial charge < -0.3 is 10.6 Å². The second-order valence-corrected chi connectivity index (χ2v) is 11.0. The van der Waals surface area contributed by atoms with Gasteiger partial charge in [0.05, 0.1) is 16.8 Å². The number of carbonyl (C=O) groups is 1. The largest absolute Gasteiger partial charge is 0.388 e. The third-order valence-corrected chi connectivity index (χ3v) is 8.52. The molecule has 0 aromatic heterocycles. The van der Waals surface area contributed by atoms with E-state index in [0.29, 0.717) is 37.0 Å². The first kappa shape index (κ1) is 25.7. The zero-order chi connectivity index (χ0) is 22.9. The maximum absolute atomic E-state index is 13.2. The highest BCUT2D eigenvalue weighted by molar-refractivity contribution is 7.89. The summed E-state index contributed by atoms with van der Waals surface area (Å²) < 4.78 is 27.8. The molecule has 4 rings (SSSR count). The van der Waals surface area contributed by atoms with Gasteiger partial charge in [0.15, 0.2) is 0 Å². The SMILES string of the molecule is CC(N)=NC1CCC(C(=O)N2CCN(S(=O)(=O)c3ccc4cc(Cl)ccc4c3)CC2)CC1.Cl. The zero-order valence-electron chi connectivity index (χ0n) is 18.6. The van der Waals surface area contributed by atoms with Crippen LogP contribution < -0.4 is 5.73 Å². The summed E-state index contributed by atoms with van der Waals surface area (Å²) in [4.78, 5) is 19.5. The Hall–Kier alpha value is -1.87. The second kappa shape index (κ2) is 10.6. The van der Waals surface area contributed by atoms with Crippen LogP contribution in [-0.4, -0.2) is 61.6 Å². The highest BCUT2D eigenvalue weighted by Gasteiger charge is 2.34. The van der Waals surface area contributed by atoms with E-state index in [0.717, 1.165) is 36.5 Å². The van der Waals surface area contributed by atoms with Crippen molar-refractivity contribution in [3.63, 3.8) is 0 Å². The van der Waals surface area contributed by atoms with Gasteiger partial charge in [-0.15, -0.1) is 12.4 Å². The number of nitrogens with zero attached hydrogens (tertiary/aromatic N) is 3. The molecule has 2 aliphatic rings. The van der Waals surface area contributed by atoms with E-state index in [2.05, 4.69) is 4.99 Å². The van der Waals surface area contributed by atoms with Gasteiger partial charge in [-0.1, -0.05) is 23.7 Å². The predicted octanol–water partition coefficient (Wildman–Crippen LogP) is 3.68. The smallest absolute Gasteiger partial charge is 0.243 e. The molecular weight excluding hydrogens is 483 g/mol. The topological polar surface area (TPSA) is 96.1 Å². The Bertz CT molecular complexity index is 1140. The standard InChI is InChI=1S/C23H29ClN4O3S.ClH/c1-16(25)26-21-7-3-17(4-8-21)23(29)27-10-12-28(13-11-27)32(30,31)22-9-5-18-14-20(24)6-2-19(18)15-22;/h2,5-6,9,14-15,17,21H,3-4,7-8,10-13H2,1H3,(H2,25,26);1H. The number of benzene rings is 2. The predicted molar refractivity (Wildman–Crippen MR) is 135 cm³/mol. The van der Waals surface area contributed by atoms with Crippen molar-refractivity contribution in [1.82, 2.24) is 9.21 Å². The zero-order valence-corrected chi connectivity index (χ0v) is 21.0. The van der Waals surface area contributed by atoms with Gasteiger partial charge in [-0.2, -0.15) is 4.31 Å². The number of rotatable bonds is 4. The molecule has 180 valence electrons. The molecule has 0 bridgehead atoms. The Balaban J connectivity index is 0.00000306. The minimum absolute atomic E-state index is 0. The van der Waals surface area contributed by atoms with E-state index in [1.165, 1.54) is 4.31 Å². The Kier molecular flexibility index (Phi) is 8.26. The molecule has 0 spiro atoms. The van der Waals surface area contributed by atoms with E-state index < -0.39 is 10.0 Å². The lowest BCUT2D eigenvalue weighted by atomic mass is 9.85. The first-order valence-corrected chi connectivity index (χ1v) is 12.8. The van der Waals surface area contributed by atoms with Gasteiger partial charge in [-0.3, -0.25) is 9.79 Å². The summed E-state index contributed by atoms with van der Waals surface area (Å²) in [6.07, 6.45) is 3.35. The van der Waals surface area contributed by atoms with Crippen molar-refractivity contribution in [2.24, 2.45) is 16.6 Å². The Morgan fingerprint density at radius 1 is 1.00 bits per heavy atom. The fraction of sp³-hybridized carbons (Fsp3) is 0.478. The van der Waals surface area contributed by atoms with E-state index in [1.54, 1.807) is 31.2 Å². The monoisotopic (exact) mass is 512 g/mol. The lowest BCUT2D eigenvalue weighted by Crippen LogP contribution is -2.52. The number of sulfonamides is 1. The van der Waals surface area contributed by atoms with Crippen LogP contribution in [0.4, 0.5) is 0 Å². The molecular formula is C23H30Cl2N4O3S. The van der Waals surface area contributed by atoms with Crippen LogP contribution >= 0.6 is 24.0 Å². The van der Waals surface area contributed by atoms with E-state index in [4.69, 9.17) is 17.3 Å². The van der Waals surface area contributed by atoms with Gasteiger partial charge in [0.2, 0.25) is 15.9 Å². The minimum Gasteiger partial charge on any atom is -0.388 e. The number of piperazine rings is 1. The van der Waals surface area contributed by atoms with Crippen LogP contribution in [0.1, 0.15) is 32.6 Å². The number of nitrogens with two attached hydrogens (primary N) is 1. The summed E-state index contributed by atoms with van der Waals surface area (Å²) >= 11 is 6.02. The van der Waals surface area contributed by atoms with Crippen molar-refractivity contribution < 1.29 is 13.2 Å². The van der Waals surface area contributed by atoms with Crippen molar-refractivity contribution in [3.05, 3.63) is 41.4 Å². The van der Waals surface area contributed by atoms with Crippen molar-refractivity contribution in [3.8, 4) is 0 Å². The Morgan fingerprint density at radius 2 is 1.61 bits per heavy atom. The summed E-state index contributed by atoms with van der Waals surface area (Å²) in [5.74, 6) is 0.721. The van der Waals surface area contributed by atoms with E-state index in [-0.39, 0.29) is 35.2 Å². The van der Waals surface area contributed by atoms with E-state index >= 15 is 0 Å². The third kappa shape index (κ3) is 5.80. The van der Waals surface area contributed by atoms with E-state index in [9.17, 15) is 13.2 Å². The number of halogens is 2. The molecule has 2 fully saturated rings. The quantitative estimate of drug-likeness (QED) is 0.498. The molecule has 1 saturated heterocycles. The van der Waals surface area contributed by atoms with Crippen LogP contribution in [0.25, 0.3) is 10.8 Å². The van der Waals surface area contributed by atoms with Gasteiger partial charge >= 0.3 is 0 Å². The maximum Gasteiger partial charge on any atom is 0.243 e. The van der Waals surface area contributed by atoms with Crippen molar-refractivity contribution in [2.45, 2.75) is 43.5 Å². The first-order chi connectivity index (χ1) is 15.2. The maximum atomic E-state index is 13.2.